The van der Waals surface area contributed by atoms with E-state index in [9.17, 15) is 28.0 Å². The van der Waals surface area contributed by atoms with E-state index in [0.717, 1.165) is 69.4 Å². The Morgan fingerprint density at radius 1 is 1.02 bits per heavy atom. The summed E-state index contributed by atoms with van der Waals surface area (Å²) in [4.78, 5) is 64.2. The molecule has 1 aliphatic carbocycles. The van der Waals surface area contributed by atoms with Crippen LogP contribution in [0.2, 0.25) is 0 Å². The maximum absolute atomic E-state index is 14.1. The molecule has 0 bridgehead atoms. The zero-order valence-electron chi connectivity index (χ0n) is 30.8. The van der Waals surface area contributed by atoms with Crippen molar-refractivity contribution in [2.75, 3.05) is 36.9 Å². The number of hydrogen-bond donors (Lipinski definition) is 2. The number of rotatable bonds is 9. The van der Waals surface area contributed by atoms with E-state index in [1.165, 1.54) is 17.0 Å². The van der Waals surface area contributed by atoms with Crippen molar-refractivity contribution in [2.24, 2.45) is 13.0 Å². The van der Waals surface area contributed by atoms with E-state index in [1.54, 1.807) is 40.8 Å². The molecule has 0 radical (unpaired) electrons. The molecule has 2 saturated heterocycles. The molecule has 6 heterocycles. The number of carbonyl (C=O) groups is 3. The first-order chi connectivity index (χ1) is 26.6. The normalized spacial score (nSPS) is 21.2. The summed E-state index contributed by atoms with van der Waals surface area (Å²) in [6.07, 6.45) is 9.09. The van der Waals surface area contributed by atoms with Crippen molar-refractivity contribution in [3.63, 3.8) is 0 Å². The molecule has 1 aromatic carbocycles. The summed E-state index contributed by atoms with van der Waals surface area (Å²) >= 11 is 0. The number of nitrogens with zero attached hydrogens (tertiary/aromatic N) is 8. The topological polar surface area (TPSA) is 152 Å². The number of imide groups is 1. The van der Waals surface area contributed by atoms with Crippen molar-refractivity contribution in [2.45, 2.75) is 75.9 Å². The van der Waals surface area contributed by atoms with Crippen LogP contribution in [0.15, 0.2) is 59.9 Å². The van der Waals surface area contributed by atoms with Crippen molar-refractivity contribution in [3.8, 4) is 0 Å². The highest BCUT2D eigenvalue weighted by molar-refractivity contribution is 6.11. The summed E-state index contributed by atoms with van der Waals surface area (Å²) < 4.78 is 33.0. The minimum Gasteiger partial charge on any atom is -0.370 e. The molecule has 1 atom stereocenters. The Labute approximate surface area is 315 Å². The van der Waals surface area contributed by atoms with E-state index in [0.29, 0.717) is 34.8 Å². The van der Waals surface area contributed by atoms with Gasteiger partial charge in [0.05, 0.1) is 39.5 Å². The molecule has 1 unspecified atom stereocenters. The molecular weight excluding hydrogens is 710 g/mol. The lowest BCUT2D eigenvalue weighted by Crippen LogP contribution is -2.45. The van der Waals surface area contributed by atoms with Crippen molar-refractivity contribution < 1.29 is 23.2 Å². The van der Waals surface area contributed by atoms with Crippen LogP contribution in [0.3, 0.4) is 0 Å². The summed E-state index contributed by atoms with van der Waals surface area (Å²) in [6.45, 7) is 2.57. The van der Waals surface area contributed by atoms with Gasteiger partial charge in [-0.2, -0.15) is 5.10 Å². The summed E-state index contributed by atoms with van der Waals surface area (Å²) in [6, 6.07) is 8.96. The van der Waals surface area contributed by atoms with Crippen LogP contribution in [-0.4, -0.2) is 84.2 Å². The van der Waals surface area contributed by atoms with Gasteiger partial charge in [0.1, 0.15) is 6.04 Å². The smallest absolute Gasteiger partial charge is 0.329 e. The van der Waals surface area contributed by atoms with Crippen LogP contribution < -0.4 is 21.2 Å². The molecule has 288 valence electrons. The molecule has 2 N–H and O–H groups in total. The number of pyridine rings is 2. The number of fused-ring (bicyclic) bond motifs is 2. The number of piperidine rings is 2. The third-order valence-corrected chi connectivity index (χ3v) is 11.7. The minimum atomic E-state index is -2.85. The van der Waals surface area contributed by atoms with Gasteiger partial charge in [-0.3, -0.25) is 43.5 Å². The van der Waals surface area contributed by atoms with Crippen molar-refractivity contribution in [3.05, 3.63) is 76.9 Å². The number of amides is 3. The van der Waals surface area contributed by atoms with Crippen molar-refractivity contribution in [1.29, 1.82) is 0 Å². The molecule has 5 aromatic rings. The number of aryl methyl sites for hydroxylation is 1. The van der Waals surface area contributed by atoms with Crippen LogP contribution in [0.4, 0.5) is 20.2 Å². The summed E-state index contributed by atoms with van der Waals surface area (Å²) in [5, 5.41) is 9.94. The van der Waals surface area contributed by atoms with Crippen LogP contribution in [0.1, 0.15) is 85.9 Å². The van der Waals surface area contributed by atoms with Crippen LogP contribution in [-0.2, 0) is 16.6 Å². The van der Waals surface area contributed by atoms with Gasteiger partial charge in [0.25, 0.3) is 12.3 Å². The summed E-state index contributed by atoms with van der Waals surface area (Å²) in [7, 11) is 3.91. The number of alkyl halides is 2. The van der Waals surface area contributed by atoms with Gasteiger partial charge in [-0.15, -0.1) is 0 Å². The van der Waals surface area contributed by atoms with Gasteiger partial charge in [0.2, 0.25) is 11.8 Å². The lowest BCUT2D eigenvalue weighted by molar-refractivity contribution is -0.135. The molecule has 16 heteroatoms. The Morgan fingerprint density at radius 2 is 1.80 bits per heavy atom. The fourth-order valence-electron chi connectivity index (χ4n) is 8.80. The van der Waals surface area contributed by atoms with E-state index >= 15 is 0 Å². The number of aromatic nitrogens is 6. The highest BCUT2D eigenvalue weighted by Crippen LogP contribution is 2.37. The Morgan fingerprint density at radius 3 is 2.55 bits per heavy atom. The second kappa shape index (κ2) is 15.0. The number of carbonyl (C=O) groups excluding carboxylic acids is 3. The van der Waals surface area contributed by atoms with Gasteiger partial charge in [0.15, 0.2) is 5.69 Å². The Hall–Kier alpha value is -5.51. The quantitative estimate of drug-likeness (QED) is 0.199. The summed E-state index contributed by atoms with van der Waals surface area (Å²) in [5.41, 5.74) is 2.34. The minimum absolute atomic E-state index is 0.00789. The fourth-order valence-corrected chi connectivity index (χ4v) is 8.80. The van der Waals surface area contributed by atoms with Crippen LogP contribution >= 0.6 is 0 Å². The highest BCUT2D eigenvalue weighted by atomic mass is 19.3. The number of benzene rings is 1. The molecule has 4 aromatic heterocycles. The molecule has 2 aliphatic heterocycles. The third-order valence-electron chi connectivity index (χ3n) is 11.7. The predicted molar refractivity (Wildman–Crippen MR) is 202 cm³/mol. The van der Waals surface area contributed by atoms with Crippen molar-refractivity contribution >= 4 is 51.0 Å². The number of imidazole rings is 1. The average Bonchev–Trinajstić information content (AvgIpc) is 3.73. The second-order valence-corrected chi connectivity index (χ2v) is 15.1. The van der Waals surface area contributed by atoms with E-state index in [-0.39, 0.29) is 35.3 Å². The Balaban J connectivity index is 0.871. The van der Waals surface area contributed by atoms with Gasteiger partial charge in [0, 0.05) is 69.3 Å². The van der Waals surface area contributed by atoms with E-state index in [1.807, 2.05) is 18.2 Å². The lowest BCUT2D eigenvalue weighted by Gasteiger charge is -2.40. The van der Waals surface area contributed by atoms with Gasteiger partial charge < -0.3 is 15.1 Å². The van der Waals surface area contributed by atoms with Gasteiger partial charge in [-0.05, 0) is 82.2 Å². The first kappa shape index (κ1) is 36.5. The number of para-hydroxylation sites is 1. The third kappa shape index (κ3) is 6.99. The summed E-state index contributed by atoms with van der Waals surface area (Å²) in [5.74, 6) is -0.866. The lowest BCUT2D eigenvalue weighted by atomic mass is 9.85. The molecule has 0 spiro atoms. The molecule has 55 heavy (non-hydrogen) atoms. The van der Waals surface area contributed by atoms with Gasteiger partial charge >= 0.3 is 5.69 Å². The maximum atomic E-state index is 14.1. The number of halogens is 2. The fraction of sp³-hybridized carbons (Fsp3) is 0.462. The second-order valence-electron chi connectivity index (χ2n) is 15.1. The van der Waals surface area contributed by atoms with Crippen LogP contribution in [0.5, 0.6) is 0 Å². The van der Waals surface area contributed by atoms with Crippen molar-refractivity contribution in [1.82, 2.24) is 39.1 Å². The zero-order valence-corrected chi connectivity index (χ0v) is 30.8. The predicted octanol–water partition coefficient (Wildman–Crippen LogP) is 4.98. The number of anilines is 2. The largest absolute Gasteiger partial charge is 0.370 e. The Bertz CT molecular complexity index is 2310. The molecule has 3 fully saturated rings. The molecule has 3 amide bonds. The molecule has 14 nitrogen and oxygen atoms in total. The highest BCUT2D eigenvalue weighted by Gasteiger charge is 2.34. The Kier molecular flexibility index (Phi) is 9.92. The maximum Gasteiger partial charge on any atom is 0.329 e. The first-order valence-electron chi connectivity index (χ1n) is 18.9. The molecule has 1 saturated carbocycles. The van der Waals surface area contributed by atoms with Crippen LogP contribution in [0, 0.1) is 5.92 Å². The van der Waals surface area contributed by atoms with Gasteiger partial charge in [-0.25, -0.2) is 13.6 Å². The number of hydrogen-bond acceptors (Lipinski definition) is 9. The monoisotopic (exact) mass is 754 g/mol. The van der Waals surface area contributed by atoms with Crippen LogP contribution in [0.25, 0.3) is 21.9 Å². The van der Waals surface area contributed by atoms with E-state index < -0.39 is 30.0 Å². The average molecular weight is 755 g/mol. The molecular formula is C39H44F2N10O4. The van der Waals surface area contributed by atoms with E-state index in [2.05, 4.69) is 42.5 Å². The SMILES string of the molecule is CN(CC1CCC(n2cc(NC(=O)c3cncc4cccnc34)c(C(F)F)n2)CC1)C1CCN(c2cccc3c2n(C)c(=O)n3C2CCC(=O)NC2=O)CC1. The standard InChI is InChI=1S/C39H44F2N10O4/c1-47(25-14-17-49(18-15-25)29-6-3-7-30-35(29)48(2)39(55)51(30)31-12-13-32(52)45-38(31)54)21-23-8-10-26(11-9-23)50-22-28(34(46-50)36(40)41)44-37(53)27-20-42-19-24-5-4-16-43-33(24)27/h3-7,16,19-20,22-23,25-26,31,36H,8-15,17-18,21H2,1-2H3,(H,44,53)(H,45,52,54). The van der Waals surface area contributed by atoms with E-state index in [4.69, 9.17) is 0 Å². The zero-order chi connectivity index (χ0) is 38.4. The van der Waals surface area contributed by atoms with Gasteiger partial charge in [-0.1, -0.05) is 6.07 Å². The molecule has 3 aliphatic rings. The first-order valence-corrected chi connectivity index (χ1v) is 18.9. The number of nitrogens with one attached hydrogen (secondary N) is 2. The molecule has 8 rings (SSSR count).